The molecule has 1 amide bonds. The van der Waals surface area contributed by atoms with Crippen LogP contribution >= 0.6 is 11.6 Å². The number of hydrogen-bond acceptors (Lipinski definition) is 3. The predicted molar refractivity (Wildman–Crippen MR) is 81.5 cm³/mol. The molecule has 5 heteroatoms. The molecule has 0 aromatic heterocycles. The number of nitrogens with zero attached hydrogens (tertiary/aromatic N) is 1. The number of nitrogens with one attached hydrogen (secondary N) is 1. The third-order valence-corrected chi connectivity index (χ3v) is 3.47. The van der Waals surface area contributed by atoms with Gasteiger partial charge < -0.3 is 11.1 Å². The molecule has 0 aliphatic heterocycles. The quantitative estimate of drug-likeness (QED) is 0.789. The van der Waals surface area contributed by atoms with Crippen molar-refractivity contribution in [2.24, 2.45) is 0 Å². The van der Waals surface area contributed by atoms with Crippen molar-refractivity contribution in [3.05, 3.63) is 23.2 Å². The van der Waals surface area contributed by atoms with Crippen LogP contribution in [0.2, 0.25) is 5.02 Å². The number of nitrogen functional groups attached to an aromatic ring is 1. The molecule has 0 aliphatic carbocycles. The van der Waals surface area contributed by atoms with Gasteiger partial charge in [-0.3, -0.25) is 9.69 Å². The van der Waals surface area contributed by atoms with Crippen LogP contribution in [0.25, 0.3) is 0 Å². The molecule has 1 rings (SSSR count). The maximum absolute atomic E-state index is 12.1. The van der Waals surface area contributed by atoms with Crippen molar-refractivity contribution in [1.29, 1.82) is 0 Å². The Morgan fingerprint density at radius 2 is 2.21 bits per heavy atom. The number of hydrogen-bond donors (Lipinski definition) is 2. The van der Waals surface area contributed by atoms with E-state index in [1.807, 2.05) is 18.9 Å². The molecule has 0 spiro atoms. The van der Waals surface area contributed by atoms with Gasteiger partial charge in [-0.2, -0.15) is 0 Å². The van der Waals surface area contributed by atoms with E-state index in [4.69, 9.17) is 17.3 Å². The van der Waals surface area contributed by atoms with Crippen LogP contribution in [0, 0.1) is 0 Å². The van der Waals surface area contributed by atoms with Crippen LogP contribution in [0.1, 0.15) is 26.7 Å². The maximum Gasteiger partial charge on any atom is 0.241 e. The molecule has 0 aliphatic rings. The van der Waals surface area contributed by atoms with Crippen LogP contribution in [0.4, 0.5) is 11.4 Å². The normalized spacial score (nSPS) is 12.5. The fourth-order valence-electron chi connectivity index (χ4n) is 1.67. The van der Waals surface area contributed by atoms with Gasteiger partial charge in [-0.25, -0.2) is 0 Å². The van der Waals surface area contributed by atoms with E-state index in [0.29, 0.717) is 16.4 Å². The van der Waals surface area contributed by atoms with Crippen molar-refractivity contribution >= 4 is 28.9 Å². The molecule has 1 aromatic carbocycles. The van der Waals surface area contributed by atoms with E-state index in [1.165, 1.54) is 0 Å². The van der Waals surface area contributed by atoms with Crippen molar-refractivity contribution in [2.75, 3.05) is 24.6 Å². The summed E-state index contributed by atoms with van der Waals surface area (Å²) in [5.41, 5.74) is 6.79. The minimum atomic E-state index is -0.194. The highest BCUT2D eigenvalue weighted by Gasteiger charge is 2.18. The number of unbranched alkanes of at least 4 members (excludes halogenated alkanes) is 1. The first-order valence-electron chi connectivity index (χ1n) is 6.51. The molecule has 1 atom stereocenters. The highest BCUT2D eigenvalue weighted by molar-refractivity contribution is 6.34. The standard InChI is InChI=1S/C14H22ClN3O/c1-4-5-8-18(3)10(2)14(19)17-13-7-6-11(16)9-12(13)15/h6-7,9-10H,4-5,8,16H2,1-3H3,(H,17,19). The molecule has 3 N–H and O–H groups in total. The molecule has 19 heavy (non-hydrogen) atoms. The van der Waals surface area contributed by atoms with Gasteiger partial charge in [0.05, 0.1) is 16.8 Å². The first-order chi connectivity index (χ1) is 8.95. The van der Waals surface area contributed by atoms with Crippen molar-refractivity contribution < 1.29 is 4.79 Å². The van der Waals surface area contributed by atoms with Gasteiger partial charge in [0, 0.05) is 5.69 Å². The fraction of sp³-hybridized carbons (Fsp3) is 0.500. The monoisotopic (exact) mass is 283 g/mol. The first kappa shape index (κ1) is 15.8. The number of rotatable bonds is 6. The topological polar surface area (TPSA) is 58.4 Å². The fourth-order valence-corrected chi connectivity index (χ4v) is 1.91. The van der Waals surface area contributed by atoms with Gasteiger partial charge >= 0.3 is 0 Å². The number of likely N-dealkylation sites (N-methyl/N-ethyl adjacent to an activating group) is 1. The van der Waals surface area contributed by atoms with Crippen LogP contribution in [0.3, 0.4) is 0 Å². The van der Waals surface area contributed by atoms with E-state index >= 15 is 0 Å². The van der Waals surface area contributed by atoms with Crippen molar-refractivity contribution in [1.82, 2.24) is 4.90 Å². The zero-order chi connectivity index (χ0) is 14.4. The second kappa shape index (κ2) is 7.36. The first-order valence-corrected chi connectivity index (χ1v) is 6.89. The summed E-state index contributed by atoms with van der Waals surface area (Å²) in [5, 5.41) is 3.28. The van der Waals surface area contributed by atoms with Gasteiger partial charge in [0.2, 0.25) is 5.91 Å². The summed E-state index contributed by atoms with van der Waals surface area (Å²) in [6, 6.07) is 4.87. The average Bonchev–Trinajstić information content (AvgIpc) is 2.38. The van der Waals surface area contributed by atoms with Gasteiger partial charge in [0.15, 0.2) is 0 Å². The van der Waals surface area contributed by atoms with E-state index < -0.39 is 0 Å². The average molecular weight is 284 g/mol. The Balaban J connectivity index is 2.63. The molecule has 0 bridgehead atoms. The lowest BCUT2D eigenvalue weighted by molar-refractivity contribution is -0.120. The minimum Gasteiger partial charge on any atom is -0.399 e. The number of benzene rings is 1. The van der Waals surface area contributed by atoms with Gasteiger partial charge in [0.1, 0.15) is 0 Å². The Labute approximate surface area is 119 Å². The van der Waals surface area contributed by atoms with Crippen LogP contribution in [-0.4, -0.2) is 30.4 Å². The lowest BCUT2D eigenvalue weighted by atomic mass is 10.2. The van der Waals surface area contributed by atoms with E-state index in [1.54, 1.807) is 18.2 Å². The lowest BCUT2D eigenvalue weighted by Crippen LogP contribution is -2.40. The Bertz CT molecular complexity index is 437. The van der Waals surface area contributed by atoms with Gasteiger partial charge in [-0.1, -0.05) is 24.9 Å². The highest BCUT2D eigenvalue weighted by atomic mass is 35.5. The third kappa shape index (κ3) is 4.73. The van der Waals surface area contributed by atoms with E-state index in [-0.39, 0.29) is 11.9 Å². The molecule has 0 saturated carbocycles. The maximum atomic E-state index is 12.1. The molecular formula is C14H22ClN3O. The zero-order valence-electron chi connectivity index (χ0n) is 11.7. The molecule has 1 aromatic rings. The second-order valence-electron chi connectivity index (χ2n) is 4.74. The molecular weight excluding hydrogens is 262 g/mol. The SMILES string of the molecule is CCCCN(C)C(C)C(=O)Nc1ccc(N)cc1Cl. The van der Waals surface area contributed by atoms with E-state index in [9.17, 15) is 4.79 Å². The number of anilines is 2. The Kier molecular flexibility index (Phi) is 6.12. The van der Waals surface area contributed by atoms with Crippen LogP contribution in [0.5, 0.6) is 0 Å². The van der Waals surface area contributed by atoms with Crippen LogP contribution in [0.15, 0.2) is 18.2 Å². The van der Waals surface area contributed by atoms with E-state index in [0.717, 1.165) is 19.4 Å². The second-order valence-corrected chi connectivity index (χ2v) is 5.15. The summed E-state index contributed by atoms with van der Waals surface area (Å²) in [7, 11) is 1.95. The van der Waals surface area contributed by atoms with Gasteiger partial charge in [-0.05, 0) is 45.1 Å². The molecule has 0 heterocycles. The Hall–Kier alpha value is -1.26. The predicted octanol–water partition coefficient (Wildman–Crippen LogP) is 2.98. The molecule has 1 unspecified atom stereocenters. The minimum absolute atomic E-state index is 0.0646. The highest BCUT2D eigenvalue weighted by Crippen LogP contribution is 2.24. The summed E-state index contributed by atoms with van der Waals surface area (Å²) >= 11 is 6.03. The Morgan fingerprint density at radius 3 is 2.79 bits per heavy atom. The summed E-state index contributed by atoms with van der Waals surface area (Å²) in [6.45, 7) is 4.92. The number of carbonyl (C=O) groups is 1. The van der Waals surface area contributed by atoms with Crippen molar-refractivity contribution in [2.45, 2.75) is 32.7 Å². The number of nitrogens with two attached hydrogens (primary N) is 1. The number of halogens is 1. The third-order valence-electron chi connectivity index (χ3n) is 3.16. The van der Waals surface area contributed by atoms with Crippen LogP contribution in [-0.2, 0) is 4.79 Å². The molecule has 0 saturated heterocycles. The summed E-state index contributed by atoms with van der Waals surface area (Å²) in [4.78, 5) is 14.1. The molecule has 0 radical (unpaired) electrons. The van der Waals surface area contributed by atoms with Crippen LogP contribution < -0.4 is 11.1 Å². The van der Waals surface area contributed by atoms with Crippen molar-refractivity contribution in [3.8, 4) is 0 Å². The van der Waals surface area contributed by atoms with Gasteiger partial charge in [-0.15, -0.1) is 0 Å². The van der Waals surface area contributed by atoms with Crippen molar-refractivity contribution in [3.63, 3.8) is 0 Å². The molecule has 106 valence electrons. The molecule has 0 fully saturated rings. The summed E-state index contributed by atoms with van der Waals surface area (Å²) < 4.78 is 0. The number of carbonyl (C=O) groups excluding carboxylic acids is 1. The lowest BCUT2D eigenvalue weighted by Gasteiger charge is -2.23. The van der Waals surface area contributed by atoms with E-state index in [2.05, 4.69) is 12.2 Å². The summed E-state index contributed by atoms with van der Waals surface area (Å²) in [6.07, 6.45) is 2.19. The molecule has 4 nitrogen and oxygen atoms in total. The van der Waals surface area contributed by atoms with Gasteiger partial charge in [0.25, 0.3) is 0 Å². The smallest absolute Gasteiger partial charge is 0.241 e. The summed E-state index contributed by atoms with van der Waals surface area (Å²) in [5.74, 6) is -0.0646. The zero-order valence-corrected chi connectivity index (χ0v) is 12.5. The Morgan fingerprint density at radius 1 is 1.53 bits per heavy atom. The largest absolute Gasteiger partial charge is 0.399 e. The number of amides is 1.